The van der Waals surface area contributed by atoms with Gasteiger partial charge in [0, 0.05) is 18.5 Å². The quantitative estimate of drug-likeness (QED) is 0.639. The minimum Gasteiger partial charge on any atom is -0.503 e. The zero-order valence-electron chi connectivity index (χ0n) is 17.6. The van der Waals surface area contributed by atoms with Gasteiger partial charge in [0.1, 0.15) is 0 Å². The molecule has 0 heterocycles. The third-order valence-electron chi connectivity index (χ3n) is 6.23. The number of benzene rings is 2. The minimum atomic E-state index is -0.809. The first-order chi connectivity index (χ1) is 14.4. The highest BCUT2D eigenvalue weighted by Crippen LogP contribution is 2.38. The maximum Gasteiger partial charge on any atom is 0.268 e. The molecule has 1 saturated carbocycles. The van der Waals surface area contributed by atoms with E-state index in [0.29, 0.717) is 5.56 Å². The number of ether oxygens (including phenoxy) is 1. The number of hydrogen-bond donors (Lipinski definition) is 1. The summed E-state index contributed by atoms with van der Waals surface area (Å²) in [4.78, 5) is 25.5. The normalized spacial score (nSPS) is 19.2. The van der Waals surface area contributed by atoms with Crippen LogP contribution in [0.25, 0.3) is 11.1 Å². The summed E-state index contributed by atoms with van der Waals surface area (Å²) >= 11 is 0. The van der Waals surface area contributed by atoms with E-state index in [1.54, 1.807) is 19.2 Å². The molecule has 1 N–H and O–H groups in total. The van der Waals surface area contributed by atoms with Crippen LogP contribution >= 0.6 is 0 Å². The van der Waals surface area contributed by atoms with Gasteiger partial charge in [0.2, 0.25) is 5.43 Å². The van der Waals surface area contributed by atoms with Gasteiger partial charge in [0.15, 0.2) is 5.75 Å². The van der Waals surface area contributed by atoms with Crippen molar-refractivity contribution in [2.45, 2.75) is 51.7 Å². The maximum absolute atomic E-state index is 11.8. The van der Waals surface area contributed by atoms with Gasteiger partial charge in [-0.3, -0.25) is 9.59 Å². The van der Waals surface area contributed by atoms with Crippen LogP contribution in [0.5, 0.6) is 5.75 Å². The summed E-state index contributed by atoms with van der Waals surface area (Å²) in [5.74, 6) is -0.439. The number of methoxy groups -OCH3 is 1. The van der Waals surface area contributed by atoms with Gasteiger partial charge < -0.3 is 14.7 Å². The molecular weight excluding hydrogens is 378 g/mol. The highest BCUT2D eigenvalue weighted by atomic mass is 16.5. The van der Waals surface area contributed by atoms with Crippen molar-refractivity contribution < 1.29 is 9.84 Å². The predicted octanol–water partition coefficient (Wildman–Crippen LogP) is 4.37. The van der Waals surface area contributed by atoms with Crippen LogP contribution < -0.4 is 15.8 Å². The summed E-state index contributed by atoms with van der Waals surface area (Å²) in [7, 11) is 1.78. The van der Waals surface area contributed by atoms with Gasteiger partial charge in [0.25, 0.3) is 5.43 Å². The van der Waals surface area contributed by atoms with Crippen LogP contribution in [0.2, 0.25) is 0 Å². The fourth-order valence-electron chi connectivity index (χ4n) is 4.67. The molecule has 0 spiro atoms. The molecule has 156 valence electrons. The summed E-state index contributed by atoms with van der Waals surface area (Å²) < 4.78 is 5.86. The van der Waals surface area contributed by atoms with Crippen LogP contribution in [0.1, 0.15) is 36.8 Å². The third kappa shape index (κ3) is 3.43. The zero-order chi connectivity index (χ0) is 21.4. The number of aromatic hydroxyl groups is 1. The highest BCUT2D eigenvalue weighted by molar-refractivity contribution is 5.76. The van der Waals surface area contributed by atoms with Crippen LogP contribution in [-0.4, -0.2) is 24.4 Å². The smallest absolute Gasteiger partial charge is 0.268 e. The molecule has 30 heavy (non-hydrogen) atoms. The van der Waals surface area contributed by atoms with Gasteiger partial charge in [-0.2, -0.15) is 0 Å². The van der Waals surface area contributed by atoms with Crippen molar-refractivity contribution in [2.24, 2.45) is 0 Å². The Morgan fingerprint density at radius 3 is 2.30 bits per heavy atom. The topological polar surface area (TPSA) is 66.8 Å². The van der Waals surface area contributed by atoms with Crippen molar-refractivity contribution in [3.05, 3.63) is 74.0 Å². The molecule has 2 atom stereocenters. The van der Waals surface area contributed by atoms with E-state index in [1.165, 1.54) is 11.1 Å². The Morgan fingerprint density at radius 1 is 0.967 bits per heavy atom. The Labute approximate surface area is 176 Å². The average molecular weight is 405 g/mol. The number of nitrogens with zero attached hydrogens (tertiary/aromatic N) is 1. The van der Waals surface area contributed by atoms with E-state index in [4.69, 9.17) is 4.74 Å². The maximum atomic E-state index is 11.8. The minimum absolute atomic E-state index is 0.108. The summed E-state index contributed by atoms with van der Waals surface area (Å²) in [6.45, 7) is 4.21. The van der Waals surface area contributed by atoms with Gasteiger partial charge in [-0.15, -0.1) is 0 Å². The SMILES string of the molecule is COC1CCCCC1N(c1ccc(-c2c(O)c(=O)c2=O)cc1)c1ccc(C)cc1C. The van der Waals surface area contributed by atoms with Gasteiger partial charge >= 0.3 is 0 Å². The van der Waals surface area contributed by atoms with Crippen molar-refractivity contribution in [1.29, 1.82) is 0 Å². The first-order valence-electron chi connectivity index (χ1n) is 10.4. The monoisotopic (exact) mass is 405 g/mol. The summed E-state index contributed by atoms with van der Waals surface area (Å²) in [6.07, 6.45) is 4.51. The molecule has 0 aromatic heterocycles. The highest BCUT2D eigenvalue weighted by Gasteiger charge is 2.32. The molecule has 0 aliphatic heterocycles. The summed E-state index contributed by atoms with van der Waals surface area (Å²) in [5, 5.41) is 9.77. The second-order valence-electron chi connectivity index (χ2n) is 8.21. The van der Waals surface area contributed by atoms with Gasteiger partial charge in [-0.25, -0.2) is 0 Å². The molecule has 1 aliphatic rings. The lowest BCUT2D eigenvalue weighted by molar-refractivity contribution is 0.0545. The Hall–Kier alpha value is -2.92. The van der Waals surface area contributed by atoms with E-state index in [-0.39, 0.29) is 17.7 Å². The second kappa shape index (κ2) is 8.07. The molecule has 2 unspecified atom stereocenters. The first kappa shape index (κ1) is 20.4. The molecule has 1 fully saturated rings. The molecule has 3 aromatic carbocycles. The number of aryl methyl sites for hydroxylation is 2. The zero-order valence-corrected chi connectivity index (χ0v) is 17.6. The average Bonchev–Trinajstić information content (AvgIpc) is 2.76. The van der Waals surface area contributed by atoms with Crippen molar-refractivity contribution in [2.75, 3.05) is 12.0 Å². The number of anilines is 2. The molecule has 3 aromatic rings. The van der Waals surface area contributed by atoms with Crippen molar-refractivity contribution in [1.82, 2.24) is 0 Å². The predicted molar refractivity (Wildman–Crippen MR) is 120 cm³/mol. The molecule has 0 radical (unpaired) electrons. The molecule has 5 heteroatoms. The van der Waals surface area contributed by atoms with Gasteiger partial charge in [0.05, 0.1) is 17.7 Å². The molecule has 0 bridgehead atoms. The lowest BCUT2D eigenvalue weighted by atomic mass is 9.89. The molecule has 1 aliphatic carbocycles. The lowest BCUT2D eigenvalue weighted by Crippen LogP contribution is -2.44. The second-order valence-corrected chi connectivity index (χ2v) is 8.21. The van der Waals surface area contributed by atoms with E-state index in [2.05, 4.69) is 36.9 Å². The van der Waals surface area contributed by atoms with Crippen molar-refractivity contribution in [3.63, 3.8) is 0 Å². The standard InChI is InChI=1S/C25H27NO4/c1-15-8-13-19(16(2)14-15)26(20-6-4-5-7-21(20)30-3)18-11-9-17(10-12-18)22-23(27)25(29)24(22)28/h8-14,20-21,27H,4-7H2,1-3H3. The molecule has 0 amide bonds. The van der Waals surface area contributed by atoms with Crippen LogP contribution in [0.15, 0.2) is 52.1 Å². The molecule has 4 rings (SSSR count). The fourth-order valence-corrected chi connectivity index (χ4v) is 4.67. The first-order valence-corrected chi connectivity index (χ1v) is 10.4. The Balaban J connectivity index is 1.78. The van der Waals surface area contributed by atoms with E-state index in [0.717, 1.165) is 37.1 Å². The van der Waals surface area contributed by atoms with Crippen molar-refractivity contribution >= 4 is 11.4 Å². The van der Waals surface area contributed by atoms with Crippen LogP contribution in [0, 0.1) is 13.8 Å². The third-order valence-corrected chi connectivity index (χ3v) is 6.23. The summed E-state index contributed by atoms with van der Waals surface area (Å²) in [5.41, 5.74) is 3.78. The number of hydrogen-bond acceptors (Lipinski definition) is 5. The largest absolute Gasteiger partial charge is 0.503 e. The fraction of sp³-hybridized carbons (Fsp3) is 0.360. The van der Waals surface area contributed by atoms with E-state index >= 15 is 0 Å². The lowest BCUT2D eigenvalue weighted by Gasteiger charge is -2.41. The Morgan fingerprint density at radius 2 is 1.67 bits per heavy atom. The van der Waals surface area contributed by atoms with Crippen LogP contribution in [-0.2, 0) is 4.74 Å². The molecular formula is C25H27NO4. The van der Waals surface area contributed by atoms with Gasteiger partial charge in [-0.05, 0) is 56.0 Å². The molecule has 0 saturated heterocycles. The van der Waals surface area contributed by atoms with Gasteiger partial charge in [-0.1, -0.05) is 42.7 Å². The van der Waals surface area contributed by atoms with E-state index < -0.39 is 16.6 Å². The van der Waals surface area contributed by atoms with Crippen LogP contribution in [0.3, 0.4) is 0 Å². The van der Waals surface area contributed by atoms with E-state index in [1.807, 2.05) is 12.1 Å². The Bertz CT molecular complexity index is 1130. The Kier molecular flexibility index (Phi) is 5.48. The molecule has 5 nitrogen and oxygen atoms in total. The van der Waals surface area contributed by atoms with E-state index in [9.17, 15) is 14.7 Å². The summed E-state index contributed by atoms with van der Waals surface area (Å²) in [6, 6.07) is 14.2. The number of rotatable bonds is 5. The van der Waals surface area contributed by atoms with Crippen molar-refractivity contribution in [3.8, 4) is 16.9 Å². The van der Waals surface area contributed by atoms with Crippen LogP contribution in [0.4, 0.5) is 11.4 Å².